The Morgan fingerprint density at radius 2 is 0.540 bits per heavy atom. The smallest absolute Gasteiger partial charge is 0.180 e. The predicted octanol–water partition coefficient (Wildman–Crippen LogP) is 12.7. The van der Waals surface area contributed by atoms with E-state index < -0.39 is 8.07 Å². The first kappa shape index (κ1) is 34.7. The van der Waals surface area contributed by atoms with Gasteiger partial charge in [-0.3, -0.25) is 0 Å². The van der Waals surface area contributed by atoms with E-state index in [9.17, 15) is 0 Å². The van der Waals surface area contributed by atoms with Crippen molar-refractivity contribution in [1.82, 2.24) is 9.13 Å². The molecule has 0 radical (unpaired) electrons. The number of nitrogens with zero attached hydrogens (tertiary/aromatic N) is 2. The van der Waals surface area contributed by atoms with Crippen molar-refractivity contribution in [2.24, 2.45) is 0 Å². The molecule has 0 N–H and O–H groups in total. The van der Waals surface area contributed by atoms with Crippen LogP contribution in [0.2, 0.25) is 0 Å². The molecule has 12 aromatic carbocycles. The van der Waals surface area contributed by atoms with E-state index in [4.69, 9.17) is 0 Å². The van der Waals surface area contributed by atoms with Gasteiger partial charge in [0.05, 0.1) is 22.1 Å². The minimum atomic E-state index is -3.11. The highest BCUT2D eigenvalue weighted by Gasteiger charge is 2.43. The van der Waals surface area contributed by atoms with Crippen molar-refractivity contribution in [3.05, 3.63) is 231 Å². The highest BCUT2D eigenvalue weighted by atomic mass is 28.3. The second-order valence-corrected chi connectivity index (χ2v) is 20.9. The molecule has 0 amide bonds. The number of benzene rings is 12. The minimum Gasteiger partial charge on any atom is -0.309 e. The van der Waals surface area contributed by atoms with Gasteiger partial charge in [0.1, 0.15) is 0 Å². The molecule has 0 saturated heterocycles. The van der Waals surface area contributed by atoms with Crippen LogP contribution in [0.1, 0.15) is 0 Å². The Morgan fingerprint density at radius 3 is 0.905 bits per heavy atom. The lowest BCUT2D eigenvalue weighted by atomic mass is 10.0. The molecule has 0 aliphatic heterocycles. The van der Waals surface area contributed by atoms with E-state index in [-0.39, 0.29) is 0 Å². The molecule has 0 aliphatic rings. The van der Waals surface area contributed by atoms with Crippen molar-refractivity contribution < 1.29 is 0 Å². The largest absolute Gasteiger partial charge is 0.309 e. The Morgan fingerprint density at radius 1 is 0.238 bits per heavy atom. The number of hydrogen-bond acceptors (Lipinski definition) is 0. The molecule has 14 rings (SSSR count). The van der Waals surface area contributed by atoms with Crippen LogP contribution in [0.3, 0.4) is 0 Å². The zero-order chi connectivity index (χ0) is 41.2. The van der Waals surface area contributed by atoms with Gasteiger partial charge >= 0.3 is 0 Å². The standard InChI is InChI=1S/C60H38N2Si/c1-3-19-49-39(11-1)13-9-25-55(49)63(56-26-10-14-40-12-2-4-20-50(40)56,47-35-31-45(32-36-47)61-51-21-5-15-41-27-28-42-16-6-22-52(61)58(42)57(41)51)48-37-33-46(34-38-48)62-53-23-7-17-43-29-30-44-18-8-24-54(62)60(44)59(43)53/h1-38H. The van der Waals surface area contributed by atoms with Crippen LogP contribution in [-0.2, 0) is 0 Å². The summed E-state index contributed by atoms with van der Waals surface area (Å²) in [7, 11) is -3.11. The predicted molar refractivity (Wildman–Crippen MR) is 271 cm³/mol. The fourth-order valence-electron chi connectivity index (χ4n) is 11.6. The van der Waals surface area contributed by atoms with Crippen molar-refractivity contribution in [1.29, 1.82) is 0 Å². The van der Waals surface area contributed by atoms with Crippen molar-refractivity contribution in [3.63, 3.8) is 0 Å². The maximum atomic E-state index is 2.47. The van der Waals surface area contributed by atoms with Gasteiger partial charge in [-0.25, -0.2) is 0 Å². The van der Waals surface area contributed by atoms with Gasteiger partial charge in [-0.15, -0.1) is 0 Å². The average Bonchev–Trinajstić information content (AvgIpc) is 3.88. The second-order valence-electron chi connectivity index (χ2n) is 17.2. The van der Waals surface area contributed by atoms with Gasteiger partial charge in [-0.2, -0.15) is 0 Å². The van der Waals surface area contributed by atoms with E-state index in [0.717, 1.165) is 0 Å². The third-order valence-electron chi connectivity index (χ3n) is 14.2. The van der Waals surface area contributed by atoms with Crippen molar-refractivity contribution in [2.75, 3.05) is 0 Å². The molecule has 292 valence electrons. The van der Waals surface area contributed by atoms with Crippen LogP contribution in [-0.4, -0.2) is 17.2 Å². The fourth-order valence-corrected chi connectivity index (χ4v) is 16.7. The van der Waals surface area contributed by atoms with Crippen LogP contribution in [0, 0.1) is 0 Å². The molecule has 2 nitrogen and oxygen atoms in total. The Balaban J connectivity index is 1.06. The molecule has 0 spiro atoms. The molecule has 3 heteroatoms. The summed E-state index contributed by atoms with van der Waals surface area (Å²) >= 11 is 0. The lowest BCUT2D eigenvalue weighted by Crippen LogP contribution is -2.75. The molecule has 2 heterocycles. The minimum absolute atomic E-state index is 1.17. The van der Waals surface area contributed by atoms with Gasteiger partial charge in [0, 0.05) is 32.9 Å². The summed E-state index contributed by atoms with van der Waals surface area (Å²) in [4.78, 5) is 0. The molecule has 0 saturated carbocycles. The van der Waals surface area contributed by atoms with Crippen LogP contribution in [0.15, 0.2) is 231 Å². The molecule has 0 aliphatic carbocycles. The maximum absolute atomic E-state index is 3.11. The molecule has 0 bridgehead atoms. The molecule has 0 fully saturated rings. The normalized spacial score (nSPS) is 12.4. The summed E-state index contributed by atoms with van der Waals surface area (Å²) in [6, 6.07) is 87.2. The van der Waals surface area contributed by atoms with Crippen LogP contribution in [0.25, 0.3) is 98.1 Å². The monoisotopic (exact) mass is 814 g/mol. The van der Waals surface area contributed by atoms with Gasteiger partial charge in [-0.1, -0.05) is 182 Å². The first-order valence-corrected chi connectivity index (χ1v) is 23.9. The SMILES string of the molecule is c1ccc2c([Si](c3ccc(-n4c5cccc6ccc7cccc4c7c65)cc3)(c3ccc(-n4c5cccc6ccc7cccc4c7c65)cc3)c3cccc4ccccc34)cccc2c1. The van der Waals surface area contributed by atoms with Gasteiger partial charge in [0.25, 0.3) is 0 Å². The Labute approximate surface area is 364 Å². The summed E-state index contributed by atoms with van der Waals surface area (Å²) in [5, 5.41) is 21.0. The molecule has 0 unspecified atom stereocenters. The van der Waals surface area contributed by atoms with E-state index in [1.54, 1.807) is 0 Å². The Kier molecular flexibility index (Phi) is 7.17. The molecule has 2 aromatic heterocycles. The molecule has 14 aromatic rings. The molecular formula is C60H38N2Si. The summed E-state index contributed by atoms with van der Waals surface area (Å²) < 4.78 is 4.94. The fraction of sp³-hybridized carbons (Fsp3) is 0. The lowest BCUT2D eigenvalue weighted by Gasteiger charge is -2.36. The first-order valence-electron chi connectivity index (χ1n) is 21.9. The van der Waals surface area contributed by atoms with Crippen LogP contribution in [0.5, 0.6) is 0 Å². The van der Waals surface area contributed by atoms with Crippen molar-refractivity contribution in [3.8, 4) is 11.4 Å². The van der Waals surface area contributed by atoms with Gasteiger partial charge in [0.15, 0.2) is 8.07 Å². The van der Waals surface area contributed by atoms with Crippen LogP contribution < -0.4 is 20.7 Å². The van der Waals surface area contributed by atoms with Gasteiger partial charge in [-0.05, 0) is 112 Å². The summed E-state index contributed by atoms with van der Waals surface area (Å²) in [5.41, 5.74) is 7.30. The second kappa shape index (κ2) is 13.0. The van der Waals surface area contributed by atoms with Crippen molar-refractivity contribution in [2.45, 2.75) is 0 Å². The summed E-state index contributed by atoms with van der Waals surface area (Å²) in [6.45, 7) is 0. The van der Waals surface area contributed by atoms with E-state index in [2.05, 4.69) is 240 Å². The number of fused-ring (bicyclic) bond motifs is 2. The first-order chi connectivity index (χ1) is 31.3. The number of aromatic nitrogens is 2. The van der Waals surface area contributed by atoms with Crippen LogP contribution in [0.4, 0.5) is 0 Å². The number of rotatable bonds is 6. The quantitative estimate of drug-likeness (QED) is 0.0899. The third-order valence-corrected chi connectivity index (χ3v) is 19.0. The number of hydrogen-bond donors (Lipinski definition) is 0. The Hall–Kier alpha value is -7.98. The van der Waals surface area contributed by atoms with Crippen LogP contribution >= 0.6 is 0 Å². The molecule has 0 atom stereocenters. The third kappa shape index (κ3) is 4.72. The van der Waals surface area contributed by atoms with Crippen molar-refractivity contribution >= 4 is 116 Å². The molecular weight excluding hydrogens is 777 g/mol. The van der Waals surface area contributed by atoms with E-state index in [0.29, 0.717) is 0 Å². The average molecular weight is 815 g/mol. The summed E-state index contributed by atoms with van der Waals surface area (Å²) in [5.74, 6) is 0. The van der Waals surface area contributed by atoms with E-state index in [1.807, 2.05) is 0 Å². The highest BCUT2D eigenvalue weighted by Crippen LogP contribution is 2.40. The lowest BCUT2D eigenvalue weighted by molar-refractivity contribution is 1.18. The molecule has 63 heavy (non-hydrogen) atoms. The van der Waals surface area contributed by atoms with E-state index >= 15 is 0 Å². The summed E-state index contributed by atoms with van der Waals surface area (Å²) in [6.07, 6.45) is 0. The van der Waals surface area contributed by atoms with Gasteiger partial charge in [0.2, 0.25) is 0 Å². The topological polar surface area (TPSA) is 9.86 Å². The Bertz CT molecular complexity index is 3660. The van der Waals surface area contributed by atoms with Gasteiger partial charge < -0.3 is 9.13 Å². The van der Waals surface area contributed by atoms with E-state index in [1.165, 1.54) is 119 Å². The maximum Gasteiger partial charge on any atom is 0.180 e. The zero-order valence-corrected chi connectivity index (χ0v) is 35.3. The highest BCUT2D eigenvalue weighted by molar-refractivity contribution is 7.21. The zero-order valence-electron chi connectivity index (χ0n) is 34.3.